The molecule has 0 radical (unpaired) electrons. The van der Waals surface area contributed by atoms with Crippen LogP contribution in [0.25, 0.3) is 0 Å². The molecule has 0 unspecified atom stereocenters. The molecule has 1 saturated carbocycles. The van der Waals surface area contributed by atoms with Crippen molar-refractivity contribution in [2.75, 3.05) is 42.9 Å². The molecule has 162 valence electrons. The Balaban J connectivity index is 2.36. The van der Waals surface area contributed by atoms with Crippen LogP contribution in [-0.4, -0.2) is 57.9 Å². The Morgan fingerprint density at radius 3 is 2.41 bits per heavy atom. The van der Waals surface area contributed by atoms with Crippen molar-refractivity contribution in [2.45, 2.75) is 38.6 Å². The van der Waals surface area contributed by atoms with Gasteiger partial charge in [0.15, 0.2) is 0 Å². The third-order valence-corrected chi connectivity index (χ3v) is 6.31. The second kappa shape index (κ2) is 9.43. The minimum absolute atomic E-state index is 0.0379. The molecule has 9 nitrogen and oxygen atoms in total. The zero-order valence-electron chi connectivity index (χ0n) is 17.4. The molecule has 0 aliphatic heterocycles. The highest BCUT2D eigenvalue weighted by molar-refractivity contribution is 7.90. The number of nitro groups is 1. The molecule has 0 saturated heterocycles. The van der Waals surface area contributed by atoms with Crippen molar-refractivity contribution in [1.29, 1.82) is 0 Å². The molecule has 0 spiro atoms. The molecule has 0 bridgehead atoms. The number of anilines is 2. The number of rotatable bonds is 8. The number of hydrogen-bond acceptors (Lipinski definition) is 7. The summed E-state index contributed by atoms with van der Waals surface area (Å²) < 4.78 is 23.1. The number of nitrogens with zero attached hydrogens (tertiary/aromatic N) is 2. The van der Waals surface area contributed by atoms with Crippen molar-refractivity contribution in [1.82, 2.24) is 5.32 Å². The van der Waals surface area contributed by atoms with Gasteiger partial charge in [-0.3, -0.25) is 14.9 Å². The molecule has 1 fully saturated rings. The lowest BCUT2D eigenvalue weighted by Gasteiger charge is -2.28. The molecule has 1 aromatic rings. The number of hydrogen-bond donors (Lipinski definition) is 2. The van der Waals surface area contributed by atoms with Crippen LogP contribution in [-0.2, 0) is 9.84 Å². The van der Waals surface area contributed by atoms with Crippen LogP contribution in [0.5, 0.6) is 0 Å². The van der Waals surface area contributed by atoms with Crippen molar-refractivity contribution in [3.05, 3.63) is 27.8 Å². The van der Waals surface area contributed by atoms with E-state index in [1.807, 2.05) is 0 Å². The van der Waals surface area contributed by atoms with Gasteiger partial charge < -0.3 is 15.5 Å². The smallest absolute Gasteiger partial charge is 0.293 e. The lowest BCUT2D eigenvalue weighted by atomic mass is 9.87. The quantitative estimate of drug-likeness (QED) is 0.483. The Morgan fingerprint density at radius 1 is 1.28 bits per heavy atom. The summed E-state index contributed by atoms with van der Waals surface area (Å²) in [7, 11) is 0.0410. The van der Waals surface area contributed by atoms with Crippen molar-refractivity contribution in [3.63, 3.8) is 0 Å². The number of nitro benzene ring substituents is 1. The van der Waals surface area contributed by atoms with E-state index in [2.05, 4.69) is 17.6 Å². The molecule has 0 atom stereocenters. The fourth-order valence-electron chi connectivity index (χ4n) is 3.52. The van der Waals surface area contributed by atoms with Crippen molar-refractivity contribution < 1.29 is 18.1 Å². The van der Waals surface area contributed by atoms with E-state index in [9.17, 15) is 23.3 Å². The highest BCUT2D eigenvalue weighted by Gasteiger charge is 2.26. The Kier molecular flexibility index (Phi) is 7.45. The first-order chi connectivity index (χ1) is 13.5. The molecule has 1 aliphatic rings. The van der Waals surface area contributed by atoms with Gasteiger partial charge in [0.2, 0.25) is 0 Å². The van der Waals surface area contributed by atoms with Crippen LogP contribution in [0.15, 0.2) is 12.1 Å². The van der Waals surface area contributed by atoms with Crippen LogP contribution < -0.4 is 15.5 Å². The molecule has 1 amide bonds. The first kappa shape index (κ1) is 22.9. The SMILES string of the molecule is CNc1cc(N(C)CCS(C)(=O)=O)c(C(=O)NC2CCC(C)CC2)cc1[N+](=O)[O-]. The second-order valence-corrected chi connectivity index (χ2v) is 10.1. The molecule has 10 heteroatoms. The lowest BCUT2D eigenvalue weighted by molar-refractivity contribution is -0.383. The molecule has 2 N–H and O–H groups in total. The maximum Gasteiger partial charge on any atom is 0.293 e. The van der Waals surface area contributed by atoms with Gasteiger partial charge >= 0.3 is 0 Å². The largest absolute Gasteiger partial charge is 0.383 e. The van der Waals surface area contributed by atoms with Gasteiger partial charge in [-0.2, -0.15) is 0 Å². The maximum absolute atomic E-state index is 13.0. The fraction of sp³-hybridized carbons (Fsp3) is 0.632. The Hall–Kier alpha value is -2.36. The van der Waals surface area contributed by atoms with Crippen LogP contribution in [0.1, 0.15) is 43.0 Å². The van der Waals surface area contributed by atoms with E-state index >= 15 is 0 Å². The molecular formula is C19H30N4O5S. The average molecular weight is 427 g/mol. The van der Waals surface area contributed by atoms with Gasteiger partial charge in [-0.1, -0.05) is 6.92 Å². The lowest BCUT2D eigenvalue weighted by Crippen LogP contribution is -2.38. The van der Waals surface area contributed by atoms with Gasteiger partial charge in [-0.05, 0) is 37.7 Å². The van der Waals surface area contributed by atoms with Crippen LogP contribution in [0, 0.1) is 16.0 Å². The Labute approximate surface area is 171 Å². The van der Waals surface area contributed by atoms with Gasteiger partial charge in [0, 0.05) is 39.0 Å². The zero-order chi connectivity index (χ0) is 21.8. The van der Waals surface area contributed by atoms with Gasteiger partial charge in [-0.15, -0.1) is 0 Å². The van der Waals surface area contributed by atoms with E-state index in [1.54, 1.807) is 19.0 Å². The van der Waals surface area contributed by atoms with E-state index < -0.39 is 14.8 Å². The summed E-state index contributed by atoms with van der Waals surface area (Å²) in [5, 5.41) is 17.2. The van der Waals surface area contributed by atoms with Crippen LogP contribution in [0.4, 0.5) is 17.1 Å². The van der Waals surface area contributed by atoms with E-state index in [4.69, 9.17) is 0 Å². The average Bonchev–Trinajstić information content (AvgIpc) is 2.66. The minimum Gasteiger partial charge on any atom is -0.383 e. The van der Waals surface area contributed by atoms with Crippen LogP contribution >= 0.6 is 0 Å². The van der Waals surface area contributed by atoms with E-state index in [1.165, 1.54) is 12.1 Å². The molecule has 1 aliphatic carbocycles. The van der Waals surface area contributed by atoms with E-state index in [-0.39, 0.29) is 41.2 Å². The highest BCUT2D eigenvalue weighted by Crippen LogP contribution is 2.33. The van der Waals surface area contributed by atoms with Gasteiger partial charge in [-0.25, -0.2) is 8.42 Å². The first-order valence-corrected chi connectivity index (χ1v) is 11.8. The third kappa shape index (κ3) is 6.31. The number of nitrogens with one attached hydrogen (secondary N) is 2. The first-order valence-electron chi connectivity index (χ1n) is 9.71. The van der Waals surface area contributed by atoms with Gasteiger partial charge in [0.1, 0.15) is 15.5 Å². The second-order valence-electron chi connectivity index (χ2n) is 7.88. The van der Waals surface area contributed by atoms with Gasteiger partial charge in [0.05, 0.1) is 21.9 Å². The minimum atomic E-state index is -3.19. The molecular weight excluding hydrogens is 396 g/mol. The number of amides is 1. The molecule has 0 heterocycles. The number of sulfone groups is 1. The molecule has 2 rings (SSSR count). The monoisotopic (exact) mass is 426 g/mol. The molecule has 1 aromatic carbocycles. The zero-order valence-corrected chi connectivity index (χ0v) is 18.2. The summed E-state index contributed by atoms with van der Waals surface area (Å²) in [6.45, 7) is 2.35. The molecule has 29 heavy (non-hydrogen) atoms. The number of benzene rings is 1. The fourth-order valence-corrected chi connectivity index (χ4v) is 4.12. The predicted molar refractivity (Wildman–Crippen MR) is 115 cm³/mol. The summed E-state index contributed by atoms with van der Waals surface area (Å²) in [6.07, 6.45) is 4.97. The topological polar surface area (TPSA) is 122 Å². The van der Waals surface area contributed by atoms with Crippen molar-refractivity contribution in [3.8, 4) is 0 Å². The van der Waals surface area contributed by atoms with Gasteiger partial charge in [0.25, 0.3) is 11.6 Å². The third-order valence-electron chi connectivity index (χ3n) is 5.38. The van der Waals surface area contributed by atoms with Crippen molar-refractivity contribution in [2.24, 2.45) is 5.92 Å². The standard InChI is InChI=1S/C19H30N4O5S/c1-13-5-7-14(8-6-13)21-19(24)15-11-18(23(25)26)16(20-2)12-17(15)22(3)9-10-29(4,27)28/h11-14,20H,5-10H2,1-4H3,(H,21,24). The maximum atomic E-state index is 13.0. The van der Waals surface area contributed by atoms with Crippen molar-refractivity contribution >= 4 is 32.8 Å². The summed E-state index contributed by atoms with van der Waals surface area (Å²) in [5.41, 5.74) is 0.685. The summed E-state index contributed by atoms with van der Waals surface area (Å²) in [6, 6.07) is 2.83. The summed E-state index contributed by atoms with van der Waals surface area (Å²) in [4.78, 5) is 25.6. The number of carbonyl (C=O) groups is 1. The Bertz CT molecular complexity index is 864. The Morgan fingerprint density at radius 2 is 1.90 bits per heavy atom. The highest BCUT2D eigenvalue weighted by atomic mass is 32.2. The summed E-state index contributed by atoms with van der Waals surface area (Å²) in [5.74, 6) is 0.171. The van der Waals surface area contributed by atoms with E-state index in [0.29, 0.717) is 11.6 Å². The number of carbonyl (C=O) groups excluding carboxylic acids is 1. The predicted octanol–water partition coefficient (Wildman–Crippen LogP) is 2.43. The van der Waals surface area contributed by atoms with Crippen LogP contribution in [0.2, 0.25) is 0 Å². The van der Waals surface area contributed by atoms with Crippen LogP contribution in [0.3, 0.4) is 0 Å². The summed E-state index contributed by atoms with van der Waals surface area (Å²) >= 11 is 0. The normalized spacial score (nSPS) is 19.4. The van der Waals surface area contributed by atoms with E-state index in [0.717, 1.165) is 31.9 Å². The molecule has 0 aromatic heterocycles.